The number of nitrogens with zero attached hydrogens (tertiary/aromatic N) is 3. The molecule has 0 aliphatic heterocycles. The summed E-state index contributed by atoms with van der Waals surface area (Å²) < 4.78 is 30.9. The molecule has 1 fully saturated rings. The fraction of sp³-hybridized carbons (Fsp3) is 0.333. The van der Waals surface area contributed by atoms with Gasteiger partial charge in [-0.1, -0.05) is 12.1 Å². The van der Waals surface area contributed by atoms with Crippen molar-refractivity contribution >= 4 is 11.6 Å². The number of aromatic nitrogens is 3. The Bertz CT molecular complexity index is 598. The Morgan fingerprint density at radius 1 is 1.26 bits per heavy atom. The largest absolute Gasteiger partial charge is 0.433 e. The number of rotatable bonds is 4. The van der Waals surface area contributed by atoms with E-state index in [1.165, 1.54) is 6.07 Å². The number of benzene rings is 1. The van der Waals surface area contributed by atoms with Gasteiger partial charge in [0.2, 0.25) is 5.28 Å². The van der Waals surface area contributed by atoms with E-state index in [2.05, 4.69) is 14.9 Å². The van der Waals surface area contributed by atoms with Gasteiger partial charge in [0.25, 0.3) is 0 Å². The normalized spacial score (nSPS) is 14.9. The van der Waals surface area contributed by atoms with Crippen molar-refractivity contribution in [1.29, 1.82) is 0 Å². The molecular weight excluding hydrogens is 276 g/mol. The first-order valence-corrected chi connectivity index (χ1v) is 6.19. The highest BCUT2D eigenvalue weighted by Gasteiger charge is 2.31. The van der Waals surface area contributed by atoms with Gasteiger partial charge in [-0.2, -0.15) is 8.78 Å². The van der Waals surface area contributed by atoms with E-state index in [4.69, 9.17) is 11.6 Å². The van der Waals surface area contributed by atoms with Gasteiger partial charge in [-0.25, -0.2) is 0 Å². The van der Waals surface area contributed by atoms with E-state index in [1.54, 1.807) is 22.8 Å². The molecule has 0 spiro atoms. The second kappa shape index (κ2) is 4.77. The molecular formula is C12H10ClF2N3O. The lowest BCUT2D eigenvalue weighted by atomic mass is 10.2. The fourth-order valence-electron chi connectivity index (χ4n) is 1.94. The Hall–Kier alpha value is -1.69. The molecule has 0 N–H and O–H groups in total. The highest BCUT2D eigenvalue weighted by Crippen LogP contribution is 2.41. The van der Waals surface area contributed by atoms with E-state index in [1.807, 2.05) is 0 Å². The summed E-state index contributed by atoms with van der Waals surface area (Å²) in [5, 5.41) is 7.97. The Morgan fingerprint density at radius 2 is 2.00 bits per heavy atom. The molecule has 3 rings (SSSR count). The second-order valence-corrected chi connectivity index (χ2v) is 4.62. The van der Waals surface area contributed by atoms with Crippen molar-refractivity contribution in [2.45, 2.75) is 25.4 Å². The van der Waals surface area contributed by atoms with Crippen LogP contribution in [0.3, 0.4) is 0 Å². The first-order valence-electron chi connectivity index (χ1n) is 5.82. The molecule has 2 aromatic rings. The zero-order valence-electron chi connectivity index (χ0n) is 9.76. The van der Waals surface area contributed by atoms with Crippen molar-refractivity contribution in [2.24, 2.45) is 0 Å². The molecule has 100 valence electrons. The molecule has 4 nitrogen and oxygen atoms in total. The van der Waals surface area contributed by atoms with Crippen molar-refractivity contribution in [1.82, 2.24) is 14.8 Å². The van der Waals surface area contributed by atoms with Crippen LogP contribution in [0.2, 0.25) is 5.28 Å². The third-order valence-electron chi connectivity index (χ3n) is 2.91. The predicted molar refractivity (Wildman–Crippen MR) is 65.0 cm³/mol. The first-order chi connectivity index (χ1) is 9.16. The highest BCUT2D eigenvalue weighted by molar-refractivity contribution is 6.28. The SMILES string of the molecule is FC(F)Oc1ccccc1-n1c(Cl)nnc1C1CC1. The van der Waals surface area contributed by atoms with Crippen LogP contribution in [0.5, 0.6) is 5.75 Å². The quantitative estimate of drug-likeness (QED) is 0.864. The standard InChI is InChI=1S/C12H10ClF2N3O/c13-11-17-16-10(7-5-6-7)18(11)8-3-1-2-4-9(8)19-12(14)15/h1-4,7,12H,5-6H2. The summed E-state index contributed by atoms with van der Waals surface area (Å²) in [7, 11) is 0. The van der Waals surface area contributed by atoms with Gasteiger partial charge in [0, 0.05) is 5.92 Å². The molecule has 1 aliphatic rings. The van der Waals surface area contributed by atoms with Crippen molar-refractivity contribution in [2.75, 3.05) is 0 Å². The number of hydrogen-bond acceptors (Lipinski definition) is 3. The van der Waals surface area contributed by atoms with Crippen LogP contribution in [0.15, 0.2) is 24.3 Å². The Kier molecular flexibility index (Phi) is 3.10. The van der Waals surface area contributed by atoms with Crippen molar-refractivity contribution in [3.63, 3.8) is 0 Å². The molecule has 0 bridgehead atoms. The van der Waals surface area contributed by atoms with Gasteiger partial charge in [-0.15, -0.1) is 10.2 Å². The maximum atomic E-state index is 12.4. The minimum atomic E-state index is -2.89. The molecule has 0 radical (unpaired) electrons. The number of alkyl halides is 2. The average Bonchev–Trinajstić information content (AvgIpc) is 3.14. The molecule has 0 atom stereocenters. The summed E-state index contributed by atoms with van der Waals surface area (Å²) in [6.45, 7) is -2.89. The molecule has 1 saturated carbocycles. The number of halogens is 3. The van der Waals surface area contributed by atoms with Crippen LogP contribution >= 0.6 is 11.6 Å². The van der Waals surface area contributed by atoms with Crippen molar-refractivity contribution < 1.29 is 13.5 Å². The lowest BCUT2D eigenvalue weighted by Gasteiger charge is -2.13. The maximum absolute atomic E-state index is 12.4. The van der Waals surface area contributed by atoms with Crippen molar-refractivity contribution in [3.8, 4) is 11.4 Å². The van der Waals surface area contributed by atoms with E-state index in [0.717, 1.165) is 12.8 Å². The molecule has 1 heterocycles. The number of hydrogen-bond donors (Lipinski definition) is 0. The van der Waals surface area contributed by atoms with Gasteiger partial charge >= 0.3 is 6.61 Å². The number of ether oxygens (including phenoxy) is 1. The third-order valence-corrected chi connectivity index (χ3v) is 3.16. The molecule has 19 heavy (non-hydrogen) atoms. The first kappa shape index (κ1) is 12.3. The molecule has 0 saturated heterocycles. The van der Waals surface area contributed by atoms with E-state index < -0.39 is 6.61 Å². The smallest absolute Gasteiger partial charge is 0.387 e. The molecule has 1 aromatic heterocycles. The Morgan fingerprint density at radius 3 is 2.68 bits per heavy atom. The lowest BCUT2D eigenvalue weighted by Crippen LogP contribution is -2.07. The van der Waals surface area contributed by atoms with Crippen LogP contribution in [0, 0.1) is 0 Å². The maximum Gasteiger partial charge on any atom is 0.387 e. The second-order valence-electron chi connectivity index (χ2n) is 4.28. The average molecular weight is 286 g/mol. The Balaban J connectivity index is 2.08. The third kappa shape index (κ3) is 2.40. The van der Waals surface area contributed by atoms with Gasteiger partial charge in [-0.3, -0.25) is 4.57 Å². The molecule has 0 unspecified atom stereocenters. The molecule has 7 heteroatoms. The van der Waals surface area contributed by atoms with Crippen LogP contribution in [0.25, 0.3) is 5.69 Å². The summed E-state index contributed by atoms with van der Waals surface area (Å²) >= 11 is 6.01. The van der Waals surface area contributed by atoms with E-state index in [9.17, 15) is 8.78 Å². The van der Waals surface area contributed by atoms with E-state index >= 15 is 0 Å². The van der Waals surface area contributed by atoms with Gasteiger partial charge in [0.15, 0.2) is 0 Å². The van der Waals surface area contributed by atoms with Gasteiger partial charge in [-0.05, 0) is 36.6 Å². The monoisotopic (exact) mass is 285 g/mol. The number of para-hydroxylation sites is 2. The lowest BCUT2D eigenvalue weighted by molar-refractivity contribution is -0.0498. The fourth-order valence-corrected chi connectivity index (χ4v) is 2.16. The molecule has 1 aromatic carbocycles. The van der Waals surface area contributed by atoms with Crippen LogP contribution in [0.4, 0.5) is 8.78 Å². The topological polar surface area (TPSA) is 39.9 Å². The van der Waals surface area contributed by atoms with E-state index in [0.29, 0.717) is 17.4 Å². The summed E-state index contributed by atoms with van der Waals surface area (Å²) in [5.74, 6) is 1.04. The minimum absolute atomic E-state index is 0.0566. The zero-order valence-corrected chi connectivity index (χ0v) is 10.5. The van der Waals surface area contributed by atoms with Crippen molar-refractivity contribution in [3.05, 3.63) is 35.4 Å². The summed E-state index contributed by atoms with van der Waals surface area (Å²) in [6.07, 6.45) is 2.01. The minimum Gasteiger partial charge on any atom is -0.433 e. The molecule has 0 amide bonds. The van der Waals surface area contributed by atoms with E-state index in [-0.39, 0.29) is 11.0 Å². The predicted octanol–water partition coefficient (Wildman–Crippen LogP) is 3.40. The van der Waals surface area contributed by atoms with Crippen LogP contribution in [0.1, 0.15) is 24.6 Å². The van der Waals surface area contributed by atoms with Crippen LogP contribution in [-0.2, 0) is 0 Å². The Labute approximate surface area is 113 Å². The zero-order chi connectivity index (χ0) is 13.4. The highest BCUT2D eigenvalue weighted by atomic mass is 35.5. The summed E-state index contributed by atoms with van der Waals surface area (Å²) in [4.78, 5) is 0. The van der Waals surface area contributed by atoms with Gasteiger partial charge < -0.3 is 4.74 Å². The van der Waals surface area contributed by atoms with Crippen LogP contribution in [-0.4, -0.2) is 21.4 Å². The molecule has 1 aliphatic carbocycles. The summed E-state index contributed by atoms with van der Waals surface area (Å²) in [6, 6.07) is 6.46. The van der Waals surface area contributed by atoms with Crippen LogP contribution < -0.4 is 4.74 Å². The van der Waals surface area contributed by atoms with Gasteiger partial charge in [0.05, 0.1) is 5.69 Å². The summed E-state index contributed by atoms with van der Waals surface area (Å²) in [5.41, 5.74) is 0.430. The van der Waals surface area contributed by atoms with Gasteiger partial charge in [0.1, 0.15) is 11.6 Å².